The summed E-state index contributed by atoms with van der Waals surface area (Å²) in [5, 5.41) is 0. The van der Waals surface area contributed by atoms with Gasteiger partial charge < -0.3 is 5.73 Å². The molecule has 0 spiro atoms. The van der Waals surface area contributed by atoms with Gasteiger partial charge in [-0.05, 0) is 45.6 Å². The van der Waals surface area contributed by atoms with E-state index in [0.717, 1.165) is 11.8 Å². The van der Waals surface area contributed by atoms with Crippen LogP contribution in [0, 0.1) is 11.8 Å². The molecule has 0 aromatic carbocycles. The summed E-state index contributed by atoms with van der Waals surface area (Å²) in [5.41, 5.74) is 6.46. The van der Waals surface area contributed by atoms with Gasteiger partial charge in [0, 0.05) is 37.3 Å². The van der Waals surface area contributed by atoms with E-state index in [1.165, 1.54) is 25.9 Å². The van der Waals surface area contributed by atoms with E-state index in [0.29, 0.717) is 24.2 Å². The van der Waals surface area contributed by atoms with Gasteiger partial charge in [-0.2, -0.15) is 0 Å². The first-order valence-corrected chi connectivity index (χ1v) is 7.61. The van der Waals surface area contributed by atoms with Crippen molar-refractivity contribution in [3.63, 3.8) is 0 Å². The maximum atomic E-state index is 6.46. The molecule has 3 heteroatoms. The minimum Gasteiger partial charge on any atom is -0.326 e. The third kappa shape index (κ3) is 2.73. The van der Waals surface area contributed by atoms with Crippen LogP contribution in [0.4, 0.5) is 0 Å². The van der Waals surface area contributed by atoms with Gasteiger partial charge in [0.15, 0.2) is 0 Å². The maximum absolute atomic E-state index is 6.46. The molecule has 3 nitrogen and oxygen atoms in total. The van der Waals surface area contributed by atoms with Crippen molar-refractivity contribution in [3.05, 3.63) is 0 Å². The van der Waals surface area contributed by atoms with Gasteiger partial charge in [-0.1, -0.05) is 13.8 Å². The number of piperazine rings is 1. The van der Waals surface area contributed by atoms with Crippen LogP contribution >= 0.6 is 0 Å². The maximum Gasteiger partial charge on any atom is 0.0274 e. The molecule has 0 bridgehead atoms. The first-order chi connectivity index (χ1) is 8.40. The van der Waals surface area contributed by atoms with E-state index < -0.39 is 0 Å². The van der Waals surface area contributed by atoms with Crippen LogP contribution in [0.15, 0.2) is 0 Å². The molecular formula is C15H31N3. The molecule has 1 heterocycles. The predicted octanol–water partition coefficient (Wildman–Crippen LogP) is 1.77. The highest BCUT2D eigenvalue weighted by molar-refractivity contribution is 4.96. The highest BCUT2D eigenvalue weighted by Crippen LogP contribution is 2.33. The predicted molar refractivity (Wildman–Crippen MR) is 77.6 cm³/mol. The smallest absolute Gasteiger partial charge is 0.0274 e. The van der Waals surface area contributed by atoms with Gasteiger partial charge in [-0.15, -0.1) is 0 Å². The second-order valence-corrected chi connectivity index (χ2v) is 7.03. The van der Waals surface area contributed by atoms with Crippen LogP contribution in [0.25, 0.3) is 0 Å². The standard InChI is InChI=1S/C15H31N3/c1-10-6-11(2)15(14(16)7-10)18-8-12(3)17(5)13(4)9-18/h10-15H,6-9,16H2,1-5H3. The highest BCUT2D eigenvalue weighted by Gasteiger charge is 2.39. The first kappa shape index (κ1) is 14.3. The molecule has 2 rings (SSSR count). The molecule has 6 atom stereocenters. The molecule has 1 saturated carbocycles. The van der Waals surface area contributed by atoms with E-state index in [1.807, 2.05) is 0 Å². The van der Waals surface area contributed by atoms with Crippen molar-refractivity contribution < 1.29 is 0 Å². The summed E-state index contributed by atoms with van der Waals surface area (Å²) in [7, 11) is 2.25. The van der Waals surface area contributed by atoms with E-state index in [4.69, 9.17) is 5.73 Å². The van der Waals surface area contributed by atoms with E-state index in [1.54, 1.807) is 0 Å². The molecule has 0 aromatic rings. The fourth-order valence-electron chi connectivity index (χ4n) is 4.22. The summed E-state index contributed by atoms with van der Waals surface area (Å²) in [6.45, 7) is 11.8. The Labute approximate surface area is 113 Å². The number of hydrogen-bond donors (Lipinski definition) is 1. The third-order valence-electron chi connectivity index (χ3n) is 5.28. The fourth-order valence-corrected chi connectivity index (χ4v) is 4.22. The van der Waals surface area contributed by atoms with Gasteiger partial charge in [0.1, 0.15) is 0 Å². The fraction of sp³-hybridized carbons (Fsp3) is 1.00. The van der Waals surface area contributed by atoms with Crippen LogP contribution in [-0.2, 0) is 0 Å². The molecule has 2 fully saturated rings. The number of nitrogens with two attached hydrogens (primary N) is 1. The van der Waals surface area contributed by atoms with Crippen LogP contribution in [0.2, 0.25) is 0 Å². The molecule has 0 aromatic heterocycles. The number of likely N-dealkylation sites (N-methyl/N-ethyl adjacent to an activating group) is 1. The van der Waals surface area contributed by atoms with Crippen LogP contribution < -0.4 is 5.73 Å². The molecule has 1 aliphatic heterocycles. The van der Waals surface area contributed by atoms with Gasteiger partial charge in [-0.25, -0.2) is 0 Å². The summed E-state index contributed by atoms with van der Waals surface area (Å²) >= 11 is 0. The Kier molecular flexibility index (Phi) is 4.35. The van der Waals surface area contributed by atoms with Gasteiger partial charge in [0.05, 0.1) is 0 Å². The van der Waals surface area contributed by atoms with Gasteiger partial charge in [0.25, 0.3) is 0 Å². The highest BCUT2D eigenvalue weighted by atomic mass is 15.3. The zero-order valence-corrected chi connectivity index (χ0v) is 12.8. The summed E-state index contributed by atoms with van der Waals surface area (Å²) < 4.78 is 0. The van der Waals surface area contributed by atoms with Crippen LogP contribution in [-0.4, -0.2) is 54.1 Å². The quantitative estimate of drug-likeness (QED) is 0.773. The van der Waals surface area contributed by atoms with Crippen LogP contribution in [0.1, 0.15) is 40.5 Å². The Bertz CT molecular complexity index is 257. The Balaban J connectivity index is 2.06. The lowest BCUT2D eigenvalue weighted by atomic mass is 9.75. The average Bonchev–Trinajstić information content (AvgIpc) is 2.24. The van der Waals surface area contributed by atoms with Crippen molar-refractivity contribution in [3.8, 4) is 0 Å². The Morgan fingerprint density at radius 3 is 2.00 bits per heavy atom. The molecular weight excluding hydrogens is 222 g/mol. The number of hydrogen-bond acceptors (Lipinski definition) is 3. The van der Waals surface area contributed by atoms with Crippen molar-refractivity contribution in [1.82, 2.24) is 9.80 Å². The molecule has 18 heavy (non-hydrogen) atoms. The minimum atomic E-state index is 0.367. The van der Waals surface area contributed by atoms with E-state index in [-0.39, 0.29) is 0 Å². The van der Waals surface area contributed by atoms with Crippen molar-refractivity contribution in [1.29, 1.82) is 0 Å². The Morgan fingerprint density at radius 1 is 0.944 bits per heavy atom. The molecule has 0 radical (unpaired) electrons. The van der Waals surface area contributed by atoms with Crippen LogP contribution in [0.5, 0.6) is 0 Å². The lowest BCUT2D eigenvalue weighted by Gasteiger charge is -2.50. The Hall–Kier alpha value is -0.120. The molecule has 6 unspecified atom stereocenters. The van der Waals surface area contributed by atoms with Crippen LogP contribution in [0.3, 0.4) is 0 Å². The zero-order chi connectivity index (χ0) is 13.4. The third-order valence-corrected chi connectivity index (χ3v) is 5.28. The summed E-state index contributed by atoms with van der Waals surface area (Å²) in [4.78, 5) is 5.18. The van der Waals surface area contributed by atoms with Gasteiger partial charge >= 0.3 is 0 Å². The van der Waals surface area contributed by atoms with Gasteiger partial charge in [-0.3, -0.25) is 9.80 Å². The van der Waals surface area contributed by atoms with Crippen molar-refractivity contribution >= 4 is 0 Å². The molecule has 0 amide bonds. The molecule has 1 saturated heterocycles. The van der Waals surface area contributed by atoms with Crippen molar-refractivity contribution in [2.45, 2.75) is 64.7 Å². The SMILES string of the molecule is CC1CC(C)C(N2CC(C)N(C)C(C)C2)C(N)C1. The second-order valence-electron chi connectivity index (χ2n) is 7.03. The lowest BCUT2D eigenvalue weighted by Crippen LogP contribution is -2.63. The Morgan fingerprint density at radius 2 is 1.50 bits per heavy atom. The molecule has 2 N–H and O–H groups in total. The van der Waals surface area contributed by atoms with E-state index in [9.17, 15) is 0 Å². The summed E-state index contributed by atoms with van der Waals surface area (Å²) in [5.74, 6) is 1.54. The molecule has 2 aliphatic rings. The summed E-state index contributed by atoms with van der Waals surface area (Å²) in [6, 6.07) is 2.26. The lowest BCUT2D eigenvalue weighted by molar-refractivity contribution is -0.00664. The molecule has 1 aliphatic carbocycles. The minimum absolute atomic E-state index is 0.367. The van der Waals surface area contributed by atoms with Crippen molar-refractivity contribution in [2.24, 2.45) is 17.6 Å². The second kappa shape index (κ2) is 5.48. The first-order valence-electron chi connectivity index (χ1n) is 7.61. The van der Waals surface area contributed by atoms with Crippen molar-refractivity contribution in [2.75, 3.05) is 20.1 Å². The largest absolute Gasteiger partial charge is 0.326 e. The van der Waals surface area contributed by atoms with Gasteiger partial charge in [0.2, 0.25) is 0 Å². The molecule has 106 valence electrons. The van der Waals surface area contributed by atoms with E-state index in [2.05, 4.69) is 44.5 Å². The topological polar surface area (TPSA) is 32.5 Å². The monoisotopic (exact) mass is 253 g/mol. The number of rotatable bonds is 1. The van der Waals surface area contributed by atoms with E-state index >= 15 is 0 Å². The zero-order valence-electron chi connectivity index (χ0n) is 12.8. The number of nitrogens with zero attached hydrogens (tertiary/aromatic N) is 2. The normalized spacial score (nSPS) is 48.3. The summed E-state index contributed by atoms with van der Waals surface area (Å²) in [6.07, 6.45) is 2.54. The average molecular weight is 253 g/mol.